The minimum atomic E-state index is -0.858. The molecule has 9 heteroatoms. The van der Waals surface area contributed by atoms with Crippen LogP contribution in [-0.4, -0.2) is 23.6 Å². The number of nitrogen functional groups attached to an aromatic ring is 1. The Morgan fingerprint density at radius 2 is 2.23 bits per heavy atom. The first kappa shape index (κ1) is 15.8. The van der Waals surface area contributed by atoms with Crippen molar-refractivity contribution < 1.29 is 23.2 Å². The van der Waals surface area contributed by atoms with Gasteiger partial charge in [0.05, 0.1) is 11.4 Å². The van der Waals surface area contributed by atoms with E-state index in [0.29, 0.717) is 0 Å². The highest BCUT2D eigenvalue weighted by atomic mass is 35.5. The summed E-state index contributed by atoms with van der Waals surface area (Å²) < 4.78 is 22.9. The number of nitrogens with zero attached hydrogens (tertiary/aromatic N) is 1. The lowest BCUT2D eigenvalue weighted by atomic mass is 10.2. The minimum Gasteiger partial charge on any atom is -0.452 e. The third kappa shape index (κ3) is 3.53. The second-order valence-corrected chi connectivity index (χ2v) is 4.69. The summed E-state index contributed by atoms with van der Waals surface area (Å²) >= 11 is 5.59. The fourth-order valence-electron chi connectivity index (χ4n) is 1.62. The van der Waals surface area contributed by atoms with E-state index in [1.165, 1.54) is 19.1 Å². The van der Waals surface area contributed by atoms with Crippen molar-refractivity contribution in [1.29, 1.82) is 0 Å². The van der Waals surface area contributed by atoms with E-state index in [2.05, 4.69) is 15.0 Å². The van der Waals surface area contributed by atoms with E-state index in [-0.39, 0.29) is 27.9 Å². The van der Waals surface area contributed by atoms with Crippen LogP contribution in [0.3, 0.4) is 0 Å². The molecule has 1 aromatic carbocycles. The Morgan fingerprint density at radius 1 is 1.50 bits per heavy atom. The Hall–Kier alpha value is -2.61. The number of aryl methyl sites for hydroxylation is 1. The fourth-order valence-corrected chi connectivity index (χ4v) is 1.77. The Bertz CT molecular complexity index is 713. The zero-order chi connectivity index (χ0) is 16.3. The van der Waals surface area contributed by atoms with Gasteiger partial charge in [0.15, 0.2) is 6.61 Å². The van der Waals surface area contributed by atoms with Gasteiger partial charge in [-0.05, 0) is 25.1 Å². The summed E-state index contributed by atoms with van der Waals surface area (Å²) in [5, 5.41) is 5.93. The molecule has 0 unspecified atom stereocenters. The minimum absolute atomic E-state index is 0.0505. The highest BCUT2D eigenvalue weighted by Crippen LogP contribution is 2.19. The zero-order valence-electron chi connectivity index (χ0n) is 11.4. The highest BCUT2D eigenvalue weighted by Gasteiger charge is 2.21. The van der Waals surface area contributed by atoms with Gasteiger partial charge >= 0.3 is 5.97 Å². The molecule has 1 heterocycles. The van der Waals surface area contributed by atoms with Crippen molar-refractivity contribution in [2.75, 3.05) is 17.7 Å². The van der Waals surface area contributed by atoms with Gasteiger partial charge in [-0.3, -0.25) is 4.79 Å². The second-order valence-electron chi connectivity index (χ2n) is 4.26. The predicted molar refractivity (Wildman–Crippen MR) is 76.0 cm³/mol. The summed E-state index contributed by atoms with van der Waals surface area (Å²) in [4.78, 5) is 23.4. The molecular weight excluding hydrogens is 317 g/mol. The number of hydrogen-bond acceptors (Lipinski definition) is 6. The molecule has 0 aliphatic heterocycles. The molecule has 0 aliphatic rings. The lowest BCUT2D eigenvalue weighted by molar-refractivity contribution is -0.119. The van der Waals surface area contributed by atoms with E-state index >= 15 is 0 Å². The van der Waals surface area contributed by atoms with Crippen LogP contribution in [0.5, 0.6) is 0 Å². The van der Waals surface area contributed by atoms with E-state index in [0.717, 1.165) is 6.07 Å². The van der Waals surface area contributed by atoms with Gasteiger partial charge in [0.25, 0.3) is 5.91 Å². The maximum absolute atomic E-state index is 13.5. The number of carbonyl (C=O) groups excluding carboxylic acids is 2. The van der Waals surface area contributed by atoms with E-state index in [1.807, 2.05) is 0 Å². The molecule has 1 amide bonds. The summed E-state index contributed by atoms with van der Waals surface area (Å²) in [5.74, 6) is -2.48. The summed E-state index contributed by atoms with van der Waals surface area (Å²) in [7, 11) is 0. The van der Waals surface area contributed by atoms with Gasteiger partial charge in [-0.1, -0.05) is 16.8 Å². The van der Waals surface area contributed by atoms with Crippen LogP contribution < -0.4 is 11.1 Å². The van der Waals surface area contributed by atoms with Crippen LogP contribution in [0.1, 0.15) is 16.1 Å². The number of carbonyl (C=O) groups is 2. The molecule has 116 valence electrons. The normalized spacial score (nSPS) is 10.3. The number of nitrogens with two attached hydrogens (primary N) is 1. The average molecular weight is 328 g/mol. The van der Waals surface area contributed by atoms with E-state index < -0.39 is 24.3 Å². The van der Waals surface area contributed by atoms with Gasteiger partial charge in [-0.25, -0.2) is 9.18 Å². The van der Waals surface area contributed by atoms with Crippen LogP contribution >= 0.6 is 11.6 Å². The molecule has 0 saturated carbocycles. The van der Waals surface area contributed by atoms with Crippen molar-refractivity contribution >= 4 is 35.0 Å². The number of aromatic nitrogens is 1. The van der Waals surface area contributed by atoms with Crippen LogP contribution in [0, 0.1) is 12.7 Å². The first-order valence-corrected chi connectivity index (χ1v) is 6.40. The first-order valence-electron chi connectivity index (χ1n) is 6.02. The number of hydrogen-bond donors (Lipinski definition) is 2. The molecule has 2 rings (SSSR count). The number of benzene rings is 1. The van der Waals surface area contributed by atoms with Gasteiger partial charge in [-0.2, -0.15) is 0 Å². The van der Waals surface area contributed by atoms with Crippen molar-refractivity contribution in [2.24, 2.45) is 0 Å². The number of anilines is 2. The first-order chi connectivity index (χ1) is 10.4. The maximum atomic E-state index is 13.5. The quantitative estimate of drug-likeness (QED) is 0.833. The smallest absolute Gasteiger partial charge is 0.346 e. The molecule has 2 aromatic rings. The largest absolute Gasteiger partial charge is 0.452 e. The van der Waals surface area contributed by atoms with Crippen LogP contribution in [0.2, 0.25) is 5.02 Å². The van der Waals surface area contributed by atoms with Gasteiger partial charge in [0.1, 0.15) is 11.4 Å². The summed E-state index contributed by atoms with van der Waals surface area (Å²) in [6, 6.07) is 3.75. The molecule has 0 radical (unpaired) electrons. The molecular formula is C13H11ClFN3O4. The Balaban J connectivity index is 1.94. The number of nitrogens with one attached hydrogen (secondary N) is 1. The molecule has 0 bridgehead atoms. The van der Waals surface area contributed by atoms with Crippen molar-refractivity contribution in [3.63, 3.8) is 0 Å². The lowest BCUT2D eigenvalue weighted by Crippen LogP contribution is -2.22. The number of halogens is 2. The van der Waals surface area contributed by atoms with Crippen LogP contribution in [-0.2, 0) is 9.53 Å². The fraction of sp³-hybridized carbons (Fsp3) is 0.154. The number of rotatable bonds is 4. The summed E-state index contributed by atoms with van der Waals surface area (Å²) in [5.41, 5.74) is 5.53. The van der Waals surface area contributed by atoms with Crippen molar-refractivity contribution in [3.8, 4) is 0 Å². The monoisotopic (exact) mass is 327 g/mol. The van der Waals surface area contributed by atoms with Crippen LogP contribution in [0.15, 0.2) is 22.7 Å². The number of esters is 1. The molecule has 3 N–H and O–H groups in total. The molecule has 0 saturated heterocycles. The molecule has 0 aliphatic carbocycles. The van der Waals surface area contributed by atoms with Gasteiger partial charge < -0.3 is 20.3 Å². The van der Waals surface area contributed by atoms with E-state index in [1.54, 1.807) is 0 Å². The Morgan fingerprint density at radius 3 is 2.82 bits per heavy atom. The van der Waals surface area contributed by atoms with Crippen LogP contribution in [0.4, 0.5) is 16.0 Å². The lowest BCUT2D eigenvalue weighted by Gasteiger charge is -2.07. The molecule has 0 atom stereocenters. The standard InChI is InChI=1S/C13H11ClFN3O4/c1-6-11(12(16)22-18-6)13(20)21-5-10(19)17-9-3-2-7(14)4-8(9)15/h2-4H,5,16H2,1H3,(H,17,19). The Labute approximate surface area is 129 Å². The molecule has 0 fully saturated rings. The second kappa shape index (κ2) is 6.44. The zero-order valence-corrected chi connectivity index (χ0v) is 12.1. The third-order valence-electron chi connectivity index (χ3n) is 2.63. The van der Waals surface area contributed by atoms with Gasteiger partial charge in [0.2, 0.25) is 5.88 Å². The average Bonchev–Trinajstić information content (AvgIpc) is 2.79. The Kier molecular flexibility index (Phi) is 4.62. The van der Waals surface area contributed by atoms with Crippen LogP contribution in [0.25, 0.3) is 0 Å². The third-order valence-corrected chi connectivity index (χ3v) is 2.87. The molecule has 7 nitrogen and oxygen atoms in total. The number of amides is 1. The molecule has 0 spiro atoms. The van der Waals surface area contributed by atoms with E-state index in [9.17, 15) is 14.0 Å². The van der Waals surface area contributed by atoms with Gasteiger partial charge in [-0.15, -0.1) is 0 Å². The van der Waals surface area contributed by atoms with Crippen molar-refractivity contribution in [3.05, 3.63) is 40.3 Å². The van der Waals surface area contributed by atoms with E-state index in [4.69, 9.17) is 22.1 Å². The molecule has 1 aromatic heterocycles. The van der Waals surface area contributed by atoms with Crippen molar-refractivity contribution in [2.45, 2.75) is 6.92 Å². The van der Waals surface area contributed by atoms with Crippen molar-refractivity contribution in [1.82, 2.24) is 5.16 Å². The summed E-state index contributed by atoms with van der Waals surface area (Å²) in [6.45, 7) is 0.880. The van der Waals surface area contributed by atoms with Gasteiger partial charge in [0, 0.05) is 5.02 Å². The highest BCUT2D eigenvalue weighted by molar-refractivity contribution is 6.30. The number of ether oxygens (including phenoxy) is 1. The topological polar surface area (TPSA) is 107 Å². The maximum Gasteiger partial charge on any atom is 0.346 e. The molecule has 22 heavy (non-hydrogen) atoms. The SMILES string of the molecule is Cc1noc(N)c1C(=O)OCC(=O)Nc1ccc(Cl)cc1F. The predicted octanol–water partition coefficient (Wildman–Crippen LogP) is 2.15. The summed E-state index contributed by atoms with van der Waals surface area (Å²) in [6.07, 6.45) is 0.